The molecule has 1 nitrogen and oxygen atoms in total. The second-order valence-electron chi connectivity index (χ2n) is 7.94. The molecular formula is C26H24FN. The van der Waals surface area contributed by atoms with Crippen LogP contribution in [0.1, 0.15) is 47.6 Å². The molecule has 2 heterocycles. The summed E-state index contributed by atoms with van der Waals surface area (Å²) in [6.45, 7) is 3.08. The van der Waals surface area contributed by atoms with Crippen LogP contribution in [0.2, 0.25) is 0 Å². The number of rotatable bonds is 2. The van der Waals surface area contributed by atoms with Gasteiger partial charge in [-0.05, 0) is 41.2 Å². The molecule has 2 heteroatoms. The molecule has 0 radical (unpaired) electrons. The van der Waals surface area contributed by atoms with Crippen LogP contribution in [-0.4, -0.2) is 17.5 Å². The van der Waals surface area contributed by atoms with E-state index in [0.717, 1.165) is 29.7 Å². The van der Waals surface area contributed by atoms with Gasteiger partial charge in [-0.1, -0.05) is 84.9 Å². The Morgan fingerprint density at radius 1 is 0.786 bits per heavy atom. The predicted molar refractivity (Wildman–Crippen MR) is 113 cm³/mol. The molecule has 5 rings (SSSR count). The molecule has 0 bridgehead atoms. The van der Waals surface area contributed by atoms with Gasteiger partial charge in [-0.2, -0.15) is 0 Å². The van der Waals surface area contributed by atoms with Gasteiger partial charge >= 0.3 is 0 Å². The average molecular weight is 369 g/mol. The van der Waals surface area contributed by atoms with E-state index >= 15 is 4.39 Å². The lowest BCUT2D eigenvalue weighted by Gasteiger charge is -2.47. The van der Waals surface area contributed by atoms with E-state index in [1.165, 1.54) is 11.1 Å². The molecule has 2 aliphatic heterocycles. The molecule has 0 unspecified atom stereocenters. The highest BCUT2D eigenvalue weighted by Gasteiger charge is 2.42. The number of benzene rings is 3. The molecule has 0 aliphatic carbocycles. The third-order valence-corrected chi connectivity index (χ3v) is 6.31. The van der Waals surface area contributed by atoms with Crippen molar-refractivity contribution in [1.29, 1.82) is 0 Å². The summed E-state index contributed by atoms with van der Waals surface area (Å²) >= 11 is 0. The van der Waals surface area contributed by atoms with Gasteiger partial charge in [0.2, 0.25) is 0 Å². The van der Waals surface area contributed by atoms with Crippen molar-refractivity contribution in [3.8, 4) is 0 Å². The Balaban J connectivity index is 1.66. The zero-order valence-electron chi connectivity index (χ0n) is 16.1. The van der Waals surface area contributed by atoms with Crippen LogP contribution in [0.25, 0.3) is 5.57 Å². The van der Waals surface area contributed by atoms with Crippen molar-refractivity contribution in [3.05, 3.63) is 113 Å². The molecular weight excluding hydrogens is 345 g/mol. The van der Waals surface area contributed by atoms with Crippen molar-refractivity contribution in [2.45, 2.75) is 31.3 Å². The minimum Gasteiger partial charge on any atom is -0.286 e. The van der Waals surface area contributed by atoms with Crippen molar-refractivity contribution < 1.29 is 4.39 Å². The fourth-order valence-electron chi connectivity index (χ4n) is 4.93. The summed E-state index contributed by atoms with van der Waals surface area (Å²) in [5.41, 5.74) is 5.54. The molecule has 0 fully saturated rings. The van der Waals surface area contributed by atoms with Crippen molar-refractivity contribution >= 4 is 5.57 Å². The quantitative estimate of drug-likeness (QED) is 0.509. The van der Waals surface area contributed by atoms with Gasteiger partial charge in [-0.15, -0.1) is 0 Å². The summed E-state index contributed by atoms with van der Waals surface area (Å²) in [6, 6.07) is 29.1. The molecule has 0 saturated carbocycles. The summed E-state index contributed by atoms with van der Waals surface area (Å²) in [6.07, 6.45) is 0.746. The number of fused-ring (bicyclic) bond motifs is 3. The van der Waals surface area contributed by atoms with Gasteiger partial charge in [0.1, 0.15) is 5.83 Å². The van der Waals surface area contributed by atoms with Crippen LogP contribution in [0, 0.1) is 0 Å². The summed E-state index contributed by atoms with van der Waals surface area (Å²) in [5.74, 6) is 0.297. The van der Waals surface area contributed by atoms with E-state index in [1.807, 2.05) is 36.4 Å². The van der Waals surface area contributed by atoms with E-state index in [9.17, 15) is 0 Å². The van der Waals surface area contributed by atoms with Crippen molar-refractivity contribution in [2.75, 3.05) is 6.54 Å². The third-order valence-electron chi connectivity index (χ3n) is 6.31. The minimum atomic E-state index is -0.282. The van der Waals surface area contributed by atoms with Crippen molar-refractivity contribution in [1.82, 2.24) is 4.90 Å². The Morgan fingerprint density at radius 2 is 1.39 bits per heavy atom. The highest BCUT2D eigenvalue weighted by Crippen LogP contribution is 2.49. The number of nitrogens with zero attached hydrogens (tertiary/aromatic N) is 1. The zero-order valence-corrected chi connectivity index (χ0v) is 16.1. The lowest BCUT2D eigenvalue weighted by molar-refractivity contribution is 0.121. The molecule has 2 aliphatic rings. The van der Waals surface area contributed by atoms with Crippen LogP contribution in [0.15, 0.2) is 90.8 Å². The molecule has 3 aromatic rings. The summed E-state index contributed by atoms with van der Waals surface area (Å²) in [5, 5.41) is 0. The summed E-state index contributed by atoms with van der Waals surface area (Å²) in [7, 11) is 0. The normalized spacial score (nSPS) is 24.6. The lowest BCUT2D eigenvalue weighted by Crippen LogP contribution is -2.46. The van der Waals surface area contributed by atoms with Crippen LogP contribution in [-0.2, 0) is 0 Å². The van der Waals surface area contributed by atoms with Gasteiger partial charge in [0.25, 0.3) is 0 Å². The van der Waals surface area contributed by atoms with Crippen LogP contribution < -0.4 is 0 Å². The maximum absolute atomic E-state index is 15.9. The van der Waals surface area contributed by atoms with Crippen LogP contribution in [0.3, 0.4) is 0 Å². The molecule has 0 saturated heterocycles. The minimum absolute atomic E-state index is 0.0169. The lowest BCUT2D eigenvalue weighted by atomic mass is 9.77. The van der Waals surface area contributed by atoms with Gasteiger partial charge in [0, 0.05) is 18.5 Å². The Labute approximate surface area is 166 Å². The van der Waals surface area contributed by atoms with Gasteiger partial charge in [0.05, 0.1) is 6.04 Å². The summed E-state index contributed by atoms with van der Waals surface area (Å²) < 4.78 is 15.9. The predicted octanol–water partition coefficient (Wildman–Crippen LogP) is 6.35. The van der Waals surface area contributed by atoms with E-state index in [1.54, 1.807) is 0 Å². The maximum atomic E-state index is 15.9. The zero-order chi connectivity index (χ0) is 19.1. The third kappa shape index (κ3) is 2.80. The van der Waals surface area contributed by atoms with Crippen molar-refractivity contribution in [2.24, 2.45) is 0 Å². The molecule has 0 aromatic heterocycles. The van der Waals surface area contributed by atoms with Gasteiger partial charge in [-0.25, -0.2) is 4.39 Å². The van der Waals surface area contributed by atoms with Crippen LogP contribution in [0.5, 0.6) is 0 Å². The molecule has 0 N–H and O–H groups in total. The number of hydrogen-bond donors (Lipinski definition) is 0. The number of halogens is 1. The standard InChI is InChI=1S/C26H24FN/c1-18-16-23(19-10-4-2-5-11-19)25(27)26-22-15-9-8-14-21(22)24(17-28(18)26)20-12-6-3-7-13-20/h2-15,18,24,26H,16-17H2,1H3/t18-,24+,26+/m0/s1. The topological polar surface area (TPSA) is 3.24 Å². The Morgan fingerprint density at radius 3 is 2.11 bits per heavy atom. The van der Waals surface area contributed by atoms with E-state index in [0.29, 0.717) is 6.04 Å². The molecule has 3 aromatic carbocycles. The SMILES string of the molecule is C[C@H]1CC(c2ccccc2)=C(F)[C@H]2c3ccccc3[C@@H](c3ccccc3)CN12. The Kier molecular flexibility index (Phi) is 4.37. The fraction of sp³-hybridized carbons (Fsp3) is 0.231. The average Bonchev–Trinajstić information content (AvgIpc) is 2.76. The Hall–Kier alpha value is -2.71. The van der Waals surface area contributed by atoms with E-state index in [-0.39, 0.29) is 17.8 Å². The molecule has 0 amide bonds. The molecule has 0 spiro atoms. The maximum Gasteiger partial charge on any atom is 0.125 e. The number of hydrogen-bond acceptors (Lipinski definition) is 1. The largest absolute Gasteiger partial charge is 0.286 e. The highest BCUT2D eigenvalue weighted by atomic mass is 19.1. The first kappa shape index (κ1) is 17.4. The summed E-state index contributed by atoms with van der Waals surface area (Å²) in [4.78, 5) is 2.36. The fourth-order valence-corrected chi connectivity index (χ4v) is 4.93. The van der Waals surface area contributed by atoms with E-state index < -0.39 is 0 Å². The van der Waals surface area contributed by atoms with E-state index in [2.05, 4.69) is 60.4 Å². The molecule has 140 valence electrons. The van der Waals surface area contributed by atoms with Gasteiger partial charge in [-0.3, -0.25) is 4.90 Å². The first-order valence-corrected chi connectivity index (χ1v) is 10.1. The van der Waals surface area contributed by atoms with Gasteiger partial charge < -0.3 is 0 Å². The second kappa shape index (κ2) is 7.03. The van der Waals surface area contributed by atoms with Crippen LogP contribution in [0.4, 0.5) is 4.39 Å². The van der Waals surface area contributed by atoms with Crippen molar-refractivity contribution in [3.63, 3.8) is 0 Å². The molecule has 3 atom stereocenters. The van der Waals surface area contributed by atoms with Crippen LogP contribution >= 0.6 is 0 Å². The monoisotopic (exact) mass is 369 g/mol. The first-order chi connectivity index (χ1) is 13.7. The first-order valence-electron chi connectivity index (χ1n) is 10.1. The Bertz CT molecular complexity index is 1010. The van der Waals surface area contributed by atoms with Gasteiger partial charge in [0.15, 0.2) is 0 Å². The smallest absolute Gasteiger partial charge is 0.125 e. The highest BCUT2D eigenvalue weighted by molar-refractivity contribution is 5.70. The van der Waals surface area contributed by atoms with E-state index in [4.69, 9.17) is 0 Å². The second-order valence-corrected chi connectivity index (χ2v) is 7.94. The molecule has 28 heavy (non-hydrogen) atoms.